The molecule has 5 nitrogen and oxygen atoms in total. The number of likely N-dealkylation sites (tertiary alicyclic amines) is 1. The van der Waals surface area contributed by atoms with Gasteiger partial charge < -0.3 is 14.7 Å². The third kappa shape index (κ3) is 4.88. The van der Waals surface area contributed by atoms with Crippen LogP contribution in [0.15, 0.2) is 48.5 Å². The van der Waals surface area contributed by atoms with Crippen LogP contribution in [0.5, 0.6) is 10.9 Å². The van der Waals surface area contributed by atoms with E-state index in [1.54, 1.807) is 11.3 Å². The Balaban J connectivity index is 1.26. The summed E-state index contributed by atoms with van der Waals surface area (Å²) in [6, 6.07) is 16.3. The van der Waals surface area contributed by atoms with E-state index in [1.807, 2.05) is 36.4 Å². The van der Waals surface area contributed by atoms with E-state index in [4.69, 9.17) is 9.84 Å². The topological polar surface area (TPSA) is 62.7 Å². The van der Waals surface area contributed by atoms with Crippen molar-refractivity contribution in [1.82, 2.24) is 9.88 Å². The van der Waals surface area contributed by atoms with Crippen molar-refractivity contribution in [2.24, 2.45) is 5.92 Å². The maximum atomic E-state index is 10.8. The number of aliphatic carboxylic acids is 1. The normalized spacial score (nSPS) is 15.7. The SMILES string of the molecule is O=C(O)CC1CCN(CCc2ccc(Oc3nc4ccccc4s3)cc2)CC1. The van der Waals surface area contributed by atoms with Gasteiger partial charge in [0.1, 0.15) is 5.75 Å². The lowest BCUT2D eigenvalue weighted by Gasteiger charge is -2.31. The Morgan fingerprint density at radius 3 is 2.61 bits per heavy atom. The standard InChI is InChI=1S/C22H24N2O3S/c25-21(26)15-17-10-13-24(14-11-17)12-9-16-5-7-18(8-6-16)27-22-23-19-3-1-2-4-20(19)28-22/h1-8,17H,9-15H2,(H,25,26). The summed E-state index contributed by atoms with van der Waals surface area (Å²) in [5.41, 5.74) is 2.25. The molecule has 0 atom stereocenters. The lowest BCUT2D eigenvalue weighted by Crippen LogP contribution is -2.35. The molecule has 1 aromatic heterocycles. The fraction of sp³-hybridized carbons (Fsp3) is 0.364. The molecular weight excluding hydrogens is 372 g/mol. The predicted octanol–water partition coefficient (Wildman–Crippen LogP) is 4.82. The Labute approximate surface area is 168 Å². The first-order valence-electron chi connectivity index (χ1n) is 9.72. The molecule has 1 aliphatic rings. The van der Waals surface area contributed by atoms with E-state index in [2.05, 4.69) is 22.0 Å². The van der Waals surface area contributed by atoms with Crippen LogP contribution in [0.4, 0.5) is 0 Å². The number of piperidine rings is 1. The van der Waals surface area contributed by atoms with Gasteiger partial charge in [-0.15, -0.1) is 0 Å². The number of fused-ring (bicyclic) bond motifs is 1. The second-order valence-electron chi connectivity index (χ2n) is 7.33. The van der Waals surface area contributed by atoms with Crippen LogP contribution in [0.1, 0.15) is 24.8 Å². The second kappa shape index (κ2) is 8.71. The number of ether oxygens (including phenoxy) is 1. The Bertz CT molecular complexity index is 897. The minimum Gasteiger partial charge on any atom is -0.481 e. The maximum Gasteiger partial charge on any atom is 0.303 e. The van der Waals surface area contributed by atoms with Crippen LogP contribution in [0.3, 0.4) is 0 Å². The number of carboxylic acids is 1. The number of para-hydroxylation sites is 1. The van der Waals surface area contributed by atoms with E-state index in [0.717, 1.165) is 54.9 Å². The lowest BCUT2D eigenvalue weighted by molar-refractivity contribution is -0.138. The molecular formula is C22H24N2O3S. The minimum absolute atomic E-state index is 0.309. The number of carbonyl (C=O) groups is 1. The van der Waals surface area contributed by atoms with Crippen molar-refractivity contribution in [2.45, 2.75) is 25.7 Å². The quantitative estimate of drug-likeness (QED) is 0.620. The van der Waals surface area contributed by atoms with Gasteiger partial charge in [-0.2, -0.15) is 0 Å². The largest absolute Gasteiger partial charge is 0.481 e. The van der Waals surface area contributed by atoms with Crippen LogP contribution >= 0.6 is 11.3 Å². The van der Waals surface area contributed by atoms with Crippen LogP contribution in [-0.2, 0) is 11.2 Å². The monoisotopic (exact) mass is 396 g/mol. The number of thiazole rings is 1. The highest BCUT2D eigenvalue weighted by Crippen LogP contribution is 2.31. The molecule has 0 radical (unpaired) electrons. The highest BCUT2D eigenvalue weighted by Gasteiger charge is 2.20. The summed E-state index contributed by atoms with van der Waals surface area (Å²) in [7, 11) is 0. The number of nitrogens with zero attached hydrogens (tertiary/aromatic N) is 2. The van der Waals surface area contributed by atoms with Crippen molar-refractivity contribution < 1.29 is 14.6 Å². The summed E-state index contributed by atoms with van der Waals surface area (Å²) in [4.78, 5) is 17.8. The molecule has 28 heavy (non-hydrogen) atoms. The van der Waals surface area contributed by atoms with Crippen LogP contribution in [0.2, 0.25) is 0 Å². The molecule has 0 saturated carbocycles. The first-order chi connectivity index (χ1) is 13.7. The predicted molar refractivity (Wildman–Crippen MR) is 111 cm³/mol. The molecule has 1 fully saturated rings. The molecule has 1 N–H and O–H groups in total. The van der Waals surface area contributed by atoms with E-state index in [-0.39, 0.29) is 0 Å². The van der Waals surface area contributed by atoms with Crippen LogP contribution in [0, 0.1) is 5.92 Å². The molecule has 4 rings (SSSR count). The Morgan fingerprint density at radius 2 is 1.89 bits per heavy atom. The molecule has 0 amide bonds. The zero-order valence-electron chi connectivity index (χ0n) is 15.7. The van der Waals surface area contributed by atoms with Crippen molar-refractivity contribution in [3.05, 3.63) is 54.1 Å². The molecule has 1 aliphatic heterocycles. The van der Waals surface area contributed by atoms with Gasteiger partial charge in [-0.05, 0) is 68.1 Å². The number of hydrogen-bond acceptors (Lipinski definition) is 5. The highest BCUT2D eigenvalue weighted by molar-refractivity contribution is 7.20. The third-order valence-electron chi connectivity index (χ3n) is 5.29. The van der Waals surface area contributed by atoms with E-state index in [9.17, 15) is 4.79 Å². The molecule has 2 heterocycles. The van der Waals surface area contributed by atoms with Crippen LogP contribution < -0.4 is 4.74 Å². The van der Waals surface area contributed by atoms with Gasteiger partial charge >= 0.3 is 5.97 Å². The van der Waals surface area contributed by atoms with Crippen LogP contribution in [-0.4, -0.2) is 40.6 Å². The number of benzene rings is 2. The summed E-state index contributed by atoms with van der Waals surface area (Å²) >= 11 is 1.55. The molecule has 0 spiro atoms. The molecule has 6 heteroatoms. The molecule has 0 unspecified atom stereocenters. The van der Waals surface area contributed by atoms with Gasteiger partial charge in [0.2, 0.25) is 0 Å². The van der Waals surface area contributed by atoms with Crippen molar-refractivity contribution in [1.29, 1.82) is 0 Å². The van der Waals surface area contributed by atoms with Crippen molar-refractivity contribution in [3.8, 4) is 10.9 Å². The second-order valence-corrected chi connectivity index (χ2v) is 8.32. The zero-order chi connectivity index (χ0) is 19.3. The first kappa shape index (κ1) is 18.9. The Morgan fingerprint density at radius 1 is 1.14 bits per heavy atom. The highest BCUT2D eigenvalue weighted by atomic mass is 32.1. The number of hydrogen-bond donors (Lipinski definition) is 1. The van der Waals surface area contributed by atoms with Crippen molar-refractivity contribution in [3.63, 3.8) is 0 Å². The fourth-order valence-corrected chi connectivity index (χ4v) is 4.50. The first-order valence-corrected chi connectivity index (χ1v) is 10.5. The summed E-state index contributed by atoms with van der Waals surface area (Å²) in [5, 5.41) is 9.57. The molecule has 3 aromatic rings. The minimum atomic E-state index is -0.674. The van der Waals surface area contributed by atoms with Gasteiger partial charge in [0.15, 0.2) is 0 Å². The van der Waals surface area contributed by atoms with E-state index in [0.29, 0.717) is 17.5 Å². The lowest BCUT2D eigenvalue weighted by atomic mass is 9.93. The van der Waals surface area contributed by atoms with Crippen LogP contribution in [0.25, 0.3) is 10.2 Å². The van der Waals surface area contributed by atoms with Gasteiger partial charge in [0.05, 0.1) is 10.2 Å². The summed E-state index contributed by atoms with van der Waals surface area (Å²) < 4.78 is 7.03. The number of aromatic nitrogens is 1. The van der Waals surface area contributed by atoms with E-state index in [1.165, 1.54) is 5.56 Å². The van der Waals surface area contributed by atoms with Crippen molar-refractivity contribution in [2.75, 3.05) is 19.6 Å². The molecule has 146 valence electrons. The van der Waals surface area contributed by atoms with Gasteiger partial charge in [-0.1, -0.05) is 35.6 Å². The molecule has 2 aromatic carbocycles. The average Bonchev–Trinajstić information content (AvgIpc) is 3.10. The number of rotatable bonds is 7. The van der Waals surface area contributed by atoms with Gasteiger partial charge in [-0.3, -0.25) is 4.79 Å². The van der Waals surface area contributed by atoms with E-state index >= 15 is 0 Å². The summed E-state index contributed by atoms with van der Waals surface area (Å²) in [6.07, 6.45) is 3.28. The smallest absolute Gasteiger partial charge is 0.303 e. The fourth-order valence-electron chi connectivity index (χ4n) is 3.67. The number of carboxylic acid groups (broad SMARTS) is 1. The Hall–Kier alpha value is -2.44. The molecule has 1 saturated heterocycles. The maximum absolute atomic E-state index is 10.8. The van der Waals surface area contributed by atoms with E-state index < -0.39 is 5.97 Å². The summed E-state index contributed by atoms with van der Waals surface area (Å²) in [6.45, 7) is 3.01. The molecule has 0 aliphatic carbocycles. The third-order valence-corrected chi connectivity index (χ3v) is 6.20. The van der Waals surface area contributed by atoms with Gasteiger partial charge in [0, 0.05) is 13.0 Å². The van der Waals surface area contributed by atoms with Gasteiger partial charge in [-0.25, -0.2) is 4.98 Å². The average molecular weight is 397 g/mol. The zero-order valence-corrected chi connectivity index (χ0v) is 16.5. The summed E-state index contributed by atoms with van der Waals surface area (Å²) in [5.74, 6) is 0.469. The van der Waals surface area contributed by atoms with Crippen molar-refractivity contribution >= 4 is 27.5 Å². The Kier molecular flexibility index (Phi) is 5.88. The molecule has 0 bridgehead atoms. The van der Waals surface area contributed by atoms with Gasteiger partial charge in [0.25, 0.3) is 5.19 Å².